The van der Waals surface area contributed by atoms with Crippen LogP contribution in [0.1, 0.15) is 60.3 Å². The Bertz CT molecular complexity index is 1450. The van der Waals surface area contributed by atoms with Crippen molar-refractivity contribution in [3.63, 3.8) is 0 Å². The fourth-order valence-corrected chi connectivity index (χ4v) is 5.40. The standard InChI is InChI=1S/C25H25ClN6O3S/c1-13-8-15(16-9-20(26)28-12-19(16)35-3)17(10-27-13)22(33)32-24-31-21-23(36-24)30-18(11-29-21)14-4-6-25(2,34)7-5-14/h8-12,14,34H,4-7H2,1-3H3,(H,29,31,32,33). The normalized spacial score (nSPS) is 19.9. The lowest BCUT2D eigenvalue weighted by Crippen LogP contribution is -2.29. The number of fused-ring (bicyclic) bond motifs is 1. The maximum Gasteiger partial charge on any atom is 0.259 e. The van der Waals surface area contributed by atoms with Gasteiger partial charge in [-0.2, -0.15) is 4.98 Å². The second-order valence-corrected chi connectivity index (χ2v) is 10.6. The van der Waals surface area contributed by atoms with Gasteiger partial charge in [0.2, 0.25) is 0 Å². The van der Waals surface area contributed by atoms with E-state index in [-0.39, 0.29) is 17.0 Å². The van der Waals surface area contributed by atoms with Crippen molar-refractivity contribution < 1.29 is 14.6 Å². The molecule has 4 heterocycles. The number of rotatable bonds is 5. The first kappa shape index (κ1) is 24.5. The summed E-state index contributed by atoms with van der Waals surface area (Å²) in [6.07, 6.45) is 7.99. The first-order valence-electron chi connectivity index (χ1n) is 11.6. The van der Waals surface area contributed by atoms with E-state index in [1.165, 1.54) is 30.8 Å². The molecule has 11 heteroatoms. The van der Waals surface area contributed by atoms with Crippen LogP contribution in [0.15, 0.2) is 30.7 Å². The number of hydrogen-bond acceptors (Lipinski definition) is 9. The predicted molar refractivity (Wildman–Crippen MR) is 139 cm³/mol. The summed E-state index contributed by atoms with van der Waals surface area (Å²) in [5.74, 6) is 0.371. The highest BCUT2D eigenvalue weighted by Crippen LogP contribution is 2.38. The number of aromatic nitrogens is 5. The highest BCUT2D eigenvalue weighted by atomic mass is 35.5. The van der Waals surface area contributed by atoms with Crippen LogP contribution in [0.4, 0.5) is 5.13 Å². The Kier molecular flexibility index (Phi) is 6.59. The molecular formula is C25H25ClN6O3S. The zero-order valence-corrected chi connectivity index (χ0v) is 21.7. The van der Waals surface area contributed by atoms with Crippen molar-refractivity contribution in [2.45, 2.75) is 51.0 Å². The molecule has 1 saturated carbocycles. The summed E-state index contributed by atoms with van der Waals surface area (Å²) in [6.45, 7) is 3.72. The van der Waals surface area contributed by atoms with Gasteiger partial charge < -0.3 is 9.84 Å². The SMILES string of the molecule is COc1cnc(Cl)cc1-c1cc(C)ncc1C(=O)Nc1nc2ncc(C3CCC(C)(O)CC3)nc2s1. The van der Waals surface area contributed by atoms with Gasteiger partial charge in [-0.05, 0) is 51.7 Å². The fourth-order valence-electron chi connectivity index (χ4n) is 4.44. The number of hydrogen-bond donors (Lipinski definition) is 2. The minimum Gasteiger partial charge on any atom is -0.494 e. The number of carbonyl (C=O) groups excluding carboxylic acids is 1. The molecule has 0 bridgehead atoms. The molecule has 1 aliphatic carbocycles. The number of ether oxygens (including phenoxy) is 1. The van der Waals surface area contributed by atoms with Gasteiger partial charge in [0.1, 0.15) is 10.9 Å². The molecule has 0 atom stereocenters. The minimum atomic E-state index is -0.606. The van der Waals surface area contributed by atoms with Crippen molar-refractivity contribution in [1.29, 1.82) is 0 Å². The highest BCUT2D eigenvalue weighted by Gasteiger charge is 2.30. The van der Waals surface area contributed by atoms with E-state index in [2.05, 4.69) is 25.3 Å². The van der Waals surface area contributed by atoms with Gasteiger partial charge >= 0.3 is 0 Å². The Balaban J connectivity index is 1.42. The van der Waals surface area contributed by atoms with Crippen LogP contribution in [0.2, 0.25) is 5.15 Å². The van der Waals surface area contributed by atoms with Gasteiger partial charge in [-0.3, -0.25) is 15.1 Å². The summed E-state index contributed by atoms with van der Waals surface area (Å²) in [4.78, 5) is 36.0. The van der Waals surface area contributed by atoms with Crippen LogP contribution in [0.25, 0.3) is 21.6 Å². The van der Waals surface area contributed by atoms with E-state index in [0.717, 1.165) is 37.1 Å². The molecule has 0 aromatic carbocycles. The topological polar surface area (TPSA) is 123 Å². The van der Waals surface area contributed by atoms with Crippen LogP contribution < -0.4 is 10.1 Å². The molecule has 36 heavy (non-hydrogen) atoms. The number of nitrogens with zero attached hydrogens (tertiary/aromatic N) is 5. The largest absolute Gasteiger partial charge is 0.494 e. The fraction of sp³-hybridized carbons (Fsp3) is 0.360. The first-order chi connectivity index (χ1) is 17.2. The monoisotopic (exact) mass is 524 g/mol. The zero-order chi connectivity index (χ0) is 25.4. The van der Waals surface area contributed by atoms with Crippen LogP contribution in [0, 0.1) is 6.92 Å². The first-order valence-corrected chi connectivity index (χ1v) is 12.8. The van der Waals surface area contributed by atoms with Gasteiger partial charge in [0, 0.05) is 28.9 Å². The van der Waals surface area contributed by atoms with Crippen LogP contribution in [0.5, 0.6) is 5.75 Å². The van der Waals surface area contributed by atoms with Crippen LogP contribution in [0.3, 0.4) is 0 Å². The van der Waals surface area contributed by atoms with Crippen molar-refractivity contribution in [1.82, 2.24) is 24.9 Å². The average Bonchev–Trinajstić information content (AvgIpc) is 3.25. The van der Waals surface area contributed by atoms with Gasteiger partial charge in [-0.25, -0.2) is 15.0 Å². The van der Waals surface area contributed by atoms with Crippen LogP contribution in [-0.4, -0.2) is 48.6 Å². The second kappa shape index (κ2) is 9.68. The number of pyridine rings is 2. The van der Waals surface area contributed by atoms with Gasteiger partial charge in [0.15, 0.2) is 15.6 Å². The predicted octanol–water partition coefficient (Wildman–Crippen LogP) is 5.17. The van der Waals surface area contributed by atoms with E-state index in [4.69, 9.17) is 21.3 Å². The van der Waals surface area contributed by atoms with Gasteiger partial charge in [-0.15, -0.1) is 0 Å². The van der Waals surface area contributed by atoms with Crippen molar-refractivity contribution in [3.8, 4) is 16.9 Å². The number of nitrogens with one attached hydrogen (secondary N) is 1. The molecule has 4 aromatic rings. The number of methoxy groups -OCH3 is 1. The maximum absolute atomic E-state index is 13.3. The quantitative estimate of drug-likeness (QED) is 0.342. The van der Waals surface area contributed by atoms with E-state index in [9.17, 15) is 9.90 Å². The molecule has 0 radical (unpaired) electrons. The van der Waals surface area contributed by atoms with Crippen molar-refractivity contribution >= 4 is 44.5 Å². The molecule has 186 valence electrons. The zero-order valence-electron chi connectivity index (χ0n) is 20.1. The molecule has 4 aromatic heterocycles. The van der Waals surface area contributed by atoms with Crippen molar-refractivity contribution in [2.24, 2.45) is 0 Å². The molecule has 5 rings (SSSR count). The summed E-state index contributed by atoms with van der Waals surface area (Å²) in [7, 11) is 1.54. The molecule has 0 spiro atoms. The second-order valence-electron chi connectivity index (χ2n) is 9.25. The van der Waals surface area contributed by atoms with E-state index >= 15 is 0 Å². The Labute approximate surface area is 217 Å². The Morgan fingerprint density at radius 2 is 1.92 bits per heavy atom. The van der Waals surface area contributed by atoms with E-state index in [1.54, 1.807) is 18.3 Å². The third kappa shape index (κ3) is 5.02. The molecule has 1 aliphatic rings. The third-order valence-corrected chi connectivity index (χ3v) is 7.53. The summed E-state index contributed by atoms with van der Waals surface area (Å²) in [6, 6.07) is 3.46. The minimum absolute atomic E-state index is 0.255. The lowest BCUT2D eigenvalue weighted by Gasteiger charge is -2.32. The Morgan fingerprint density at radius 3 is 2.67 bits per heavy atom. The lowest BCUT2D eigenvalue weighted by molar-refractivity contribution is 0.0168. The number of aryl methyl sites for hydroxylation is 1. The van der Waals surface area contributed by atoms with Gasteiger partial charge in [0.25, 0.3) is 5.91 Å². The van der Waals surface area contributed by atoms with E-state index in [1.807, 2.05) is 13.8 Å². The highest BCUT2D eigenvalue weighted by molar-refractivity contribution is 7.21. The average molecular weight is 525 g/mol. The summed E-state index contributed by atoms with van der Waals surface area (Å²) >= 11 is 7.41. The lowest BCUT2D eigenvalue weighted by atomic mass is 9.79. The van der Waals surface area contributed by atoms with Gasteiger partial charge in [0.05, 0.1) is 36.4 Å². The maximum atomic E-state index is 13.3. The molecule has 0 aliphatic heterocycles. The Hall–Kier alpha value is -3.21. The number of amides is 1. The molecule has 9 nitrogen and oxygen atoms in total. The van der Waals surface area contributed by atoms with Crippen molar-refractivity contribution in [3.05, 3.63) is 52.8 Å². The summed E-state index contributed by atoms with van der Waals surface area (Å²) in [5.41, 5.74) is 3.10. The molecule has 1 fully saturated rings. The molecular weight excluding hydrogens is 500 g/mol. The third-order valence-electron chi connectivity index (χ3n) is 6.47. The number of halogens is 1. The number of aliphatic hydroxyl groups is 1. The Morgan fingerprint density at radius 1 is 1.14 bits per heavy atom. The molecule has 1 amide bonds. The van der Waals surface area contributed by atoms with E-state index in [0.29, 0.717) is 38.0 Å². The van der Waals surface area contributed by atoms with Gasteiger partial charge in [-0.1, -0.05) is 22.9 Å². The molecule has 0 saturated heterocycles. The van der Waals surface area contributed by atoms with Crippen LogP contribution in [-0.2, 0) is 0 Å². The van der Waals surface area contributed by atoms with Crippen molar-refractivity contribution in [2.75, 3.05) is 12.4 Å². The van der Waals surface area contributed by atoms with E-state index < -0.39 is 5.60 Å². The molecule has 0 unspecified atom stereocenters. The summed E-state index contributed by atoms with van der Waals surface area (Å²) < 4.78 is 5.45. The summed E-state index contributed by atoms with van der Waals surface area (Å²) in [5, 5.41) is 13.8. The smallest absolute Gasteiger partial charge is 0.259 e. The molecule has 2 N–H and O–H groups in total. The number of anilines is 1. The number of thiazole rings is 1. The number of carbonyl (C=O) groups is 1. The van der Waals surface area contributed by atoms with Crippen LogP contribution >= 0.6 is 22.9 Å².